The molecule has 0 spiro atoms. The third-order valence-corrected chi connectivity index (χ3v) is 2.41. The van der Waals surface area contributed by atoms with Crippen molar-refractivity contribution >= 4 is 16.5 Å². The van der Waals surface area contributed by atoms with Crippen LogP contribution in [0.4, 0.5) is 18.9 Å². The zero-order chi connectivity index (χ0) is 10.0. The average molecular weight is 209 g/mol. The normalized spacial score (nSPS) is 13.2. The molecular weight excluding hydrogens is 203 g/mol. The topological polar surface area (TPSA) is 43.1 Å². The minimum atomic E-state index is -3.01. The first-order chi connectivity index (χ1) is 6.02. The molecule has 1 rings (SSSR count). The third-order valence-electron chi connectivity index (χ3n) is 1.37. The van der Waals surface area contributed by atoms with E-state index in [4.69, 9.17) is 5.73 Å². The Hall–Kier alpha value is -1.04. The fourth-order valence-electron chi connectivity index (χ4n) is 0.736. The molecule has 0 aromatic heterocycles. The van der Waals surface area contributed by atoms with Gasteiger partial charge in [0.2, 0.25) is 0 Å². The molecule has 0 fully saturated rings. The summed E-state index contributed by atoms with van der Waals surface area (Å²) in [6, 6.07) is 2.96. The van der Waals surface area contributed by atoms with Crippen LogP contribution in [0.1, 0.15) is 0 Å². The number of halogens is 3. The van der Waals surface area contributed by atoms with Crippen molar-refractivity contribution in [3.63, 3.8) is 0 Å². The first-order valence-electron chi connectivity index (χ1n) is 3.26. The van der Waals surface area contributed by atoms with Crippen LogP contribution in [0.25, 0.3) is 0 Å². The fraction of sp³-hybridized carbons (Fsp3) is 0.143. The van der Waals surface area contributed by atoms with Crippen LogP contribution in [0.3, 0.4) is 0 Å². The van der Waals surface area contributed by atoms with E-state index < -0.39 is 22.4 Å². The first-order valence-corrected chi connectivity index (χ1v) is 4.47. The zero-order valence-corrected chi connectivity index (χ0v) is 7.15. The number of nitrogens with two attached hydrogens (primary N) is 1. The lowest BCUT2D eigenvalue weighted by atomic mass is 10.3. The van der Waals surface area contributed by atoms with Gasteiger partial charge in [0.1, 0.15) is 16.6 Å². The number of benzene rings is 1. The number of nitrogen functional groups attached to an aromatic ring is 1. The van der Waals surface area contributed by atoms with Gasteiger partial charge in [-0.3, -0.25) is 0 Å². The summed E-state index contributed by atoms with van der Waals surface area (Å²) in [5, 5.41) is 0. The molecular formula is C7H6F3NOS. The molecule has 0 aliphatic heterocycles. The molecule has 13 heavy (non-hydrogen) atoms. The maximum absolute atomic E-state index is 12.7. The van der Waals surface area contributed by atoms with Crippen molar-refractivity contribution in [1.29, 1.82) is 0 Å². The van der Waals surface area contributed by atoms with Gasteiger partial charge in [-0.25, -0.2) is 8.60 Å². The molecule has 0 amide bonds. The summed E-state index contributed by atoms with van der Waals surface area (Å²) >= 11 is 0. The molecule has 1 atom stereocenters. The smallest absolute Gasteiger partial charge is 0.316 e. The summed E-state index contributed by atoms with van der Waals surface area (Å²) in [5.41, 5.74) is 4.95. The molecule has 2 nitrogen and oxygen atoms in total. The Morgan fingerprint density at radius 2 is 2.00 bits per heavy atom. The maximum atomic E-state index is 12.7. The second-order valence-corrected chi connectivity index (χ2v) is 3.66. The van der Waals surface area contributed by atoms with Crippen LogP contribution < -0.4 is 5.73 Å². The Morgan fingerprint density at radius 3 is 2.46 bits per heavy atom. The van der Waals surface area contributed by atoms with E-state index in [2.05, 4.69) is 0 Å². The van der Waals surface area contributed by atoms with Gasteiger partial charge in [-0.05, 0) is 18.2 Å². The van der Waals surface area contributed by atoms with Crippen LogP contribution in [-0.2, 0) is 10.8 Å². The van der Waals surface area contributed by atoms with E-state index in [0.29, 0.717) is 0 Å². The SMILES string of the molecule is Nc1ccc(S(=O)C(F)F)cc1F. The molecule has 0 bridgehead atoms. The summed E-state index contributed by atoms with van der Waals surface area (Å²) < 4.78 is 47.2. The van der Waals surface area contributed by atoms with Crippen molar-refractivity contribution < 1.29 is 17.4 Å². The molecule has 6 heteroatoms. The molecule has 1 unspecified atom stereocenters. The van der Waals surface area contributed by atoms with Crippen LogP contribution in [0.2, 0.25) is 0 Å². The largest absolute Gasteiger partial charge is 0.396 e. The highest BCUT2D eigenvalue weighted by Gasteiger charge is 2.16. The quantitative estimate of drug-likeness (QED) is 0.754. The highest BCUT2D eigenvalue weighted by molar-refractivity contribution is 7.85. The Labute approximate surface area is 75.0 Å². The Morgan fingerprint density at radius 1 is 1.38 bits per heavy atom. The number of hydrogen-bond donors (Lipinski definition) is 1. The lowest BCUT2D eigenvalue weighted by molar-refractivity contribution is 0.244. The third kappa shape index (κ3) is 2.21. The van der Waals surface area contributed by atoms with Crippen molar-refractivity contribution in [2.24, 2.45) is 0 Å². The first kappa shape index (κ1) is 10.0. The monoisotopic (exact) mass is 209 g/mol. The minimum Gasteiger partial charge on any atom is -0.396 e. The van der Waals surface area contributed by atoms with E-state index in [1.807, 2.05) is 0 Å². The molecule has 0 saturated heterocycles. The lowest BCUT2D eigenvalue weighted by Crippen LogP contribution is -2.03. The average Bonchev–Trinajstić information content (AvgIpc) is 2.08. The summed E-state index contributed by atoms with van der Waals surface area (Å²) in [7, 11) is -2.48. The Kier molecular flexibility index (Phi) is 2.92. The molecule has 0 saturated carbocycles. The van der Waals surface area contributed by atoms with Gasteiger partial charge >= 0.3 is 5.76 Å². The van der Waals surface area contributed by atoms with Crippen molar-refractivity contribution in [2.75, 3.05) is 5.73 Å². The van der Waals surface area contributed by atoms with Crippen LogP contribution in [0.5, 0.6) is 0 Å². The Bertz CT molecular complexity index is 343. The molecule has 72 valence electrons. The van der Waals surface area contributed by atoms with E-state index >= 15 is 0 Å². The van der Waals surface area contributed by atoms with Gasteiger partial charge in [0.05, 0.1) is 5.69 Å². The van der Waals surface area contributed by atoms with E-state index in [1.165, 1.54) is 0 Å². The van der Waals surface area contributed by atoms with Gasteiger partial charge in [-0.2, -0.15) is 8.78 Å². The predicted molar refractivity (Wildman–Crippen MR) is 43.2 cm³/mol. The summed E-state index contributed by atoms with van der Waals surface area (Å²) in [5.74, 6) is -3.85. The molecule has 0 aliphatic rings. The van der Waals surface area contributed by atoms with Gasteiger partial charge in [-0.1, -0.05) is 0 Å². The van der Waals surface area contributed by atoms with Crippen LogP contribution in [0, 0.1) is 5.82 Å². The highest BCUT2D eigenvalue weighted by atomic mass is 32.2. The lowest BCUT2D eigenvalue weighted by Gasteiger charge is -2.01. The number of alkyl halides is 2. The predicted octanol–water partition coefficient (Wildman–Crippen LogP) is 1.74. The molecule has 0 radical (unpaired) electrons. The molecule has 0 heterocycles. The van der Waals surface area contributed by atoms with Gasteiger partial charge < -0.3 is 5.73 Å². The molecule has 1 aromatic rings. The van der Waals surface area contributed by atoms with Crippen molar-refractivity contribution in [2.45, 2.75) is 10.7 Å². The highest BCUT2D eigenvalue weighted by Crippen LogP contribution is 2.18. The van der Waals surface area contributed by atoms with Crippen molar-refractivity contribution in [1.82, 2.24) is 0 Å². The zero-order valence-electron chi connectivity index (χ0n) is 6.34. The van der Waals surface area contributed by atoms with Crippen LogP contribution in [0.15, 0.2) is 23.1 Å². The summed E-state index contributed by atoms with van der Waals surface area (Å²) in [6.07, 6.45) is 0. The molecule has 0 aliphatic carbocycles. The maximum Gasteiger partial charge on any atom is 0.316 e. The standard InChI is InChI=1S/C7H6F3NOS/c8-5-3-4(1-2-6(5)11)13(12)7(9)10/h1-3,7H,11H2. The number of hydrogen-bond acceptors (Lipinski definition) is 2. The van der Waals surface area contributed by atoms with Gasteiger partial charge in [0, 0.05) is 4.90 Å². The summed E-state index contributed by atoms with van der Waals surface area (Å²) in [4.78, 5) is -0.262. The molecule has 2 N–H and O–H groups in total. The fourth-order valence-corrected chi connectivity index (χ4v) is 1.36. The van der Waals surface area contributed by atoms with Crippen molar-refractivity contribution in [3.05, 3.63) is 24.0 Å². The van der Waals surface area contributed by atoms with Crippen LogP contribution >= 0.6 is 0 Å². The van der Waals surface area contributed by atoms with E-state index in [0.717, 1.165) is 18.2 Å². The number of rotatable bonds is 2. The van der Waals surface area contributed by atoms with E-state index in [9.17, 15) is 17.4 Å². The second kappa shape index (κ2) is 3.78. The van der Waals surface area contributed by atoms with E-state index in [-0.39, 0.29) is 10.6 Å². The Balaban J connectivity index is 3.04. The van der Waals surface area contributed by atoms with Crippen LogP contribution in [-0.4, -0.2) is 9.97 Å². The van der Waals surface area contributed by atoms with Crippen molar-refractivity contribution in [3.8, 4) is 0 Å². The summed E-state index contributed by atoms with van der Waals surface area (Å²) in [6.45, 7) is 0. The second-order valence-electron chi connectivity index (χ2n) is 2.24. The number of anilines is 1. The van der Waals surface area contributed by atoms with E-state index in [1.54, 1.807) is 0 Å². The molecule has 1 aromatic carbocycles. The van der Waals surface area contributed by atoms with Gasteiger partial charge in [-0.15, -0.1) is 0 Å². The minimum absolute atomic E-state index is 0.157. The van der Waals surface area contributed by atoms with Gasteiger partial charge in [0.25, 0.3) is 0 Å². The van der Waals surface area contributed by atoms with Gasteiger partial charge in [0.15, 0.2) is 0 Å².